The molecule has 5 atom stereocenters. The van der Waals surface area contributed by atoms with Crippen LogP contribution in [0.4, 0.5) is 4.39 Å². The molecule has 1 aliphatic rings. The van der Waals surface area contributed by atoms with Crippen molar-refractivity contribution in [2.24, 2.45) is 5.92 Å². The second kappa shape index (κ2) is 9.29. The minimum absolute atomic E-state index is 0.180. The molecule has 0 aliphatic carbocycles. The van der Waals surface area contributed by atoms with E-state index in [0.29, 0.717) is 10.8 Å². The van der Waals surface area contributed by atoms with Gasteiger partial charge in [-0.3, -0.25) is 19.1 Å². The summed E-state index contributed by atoms with van der Waals surface area (Å²) in [6, 6.07) is -0.919. The molecule has 11 nitrogen and oxygen atoms in total. The SMILES string of the molecule is CCC(=O)N[C@H](C(=O)OC[C@@H]1O[C@H](n2cc(F)c(=O)[nH]c2=O)C(O)C1O)C(C)C. The molecule has 12 heteroatoms. The zero-order valence-corrected chi connectivity index (χ0v) is 16.1. The predicted molar refractivity (Wildman–Crippen MR) is 95.2 cm³/mol. The van der Waals surface area contributed by atoms with Crippen molar-refractivity contribution >= 4 is 11.9 Å². The van der Waals surface area contributed by atoms with Gasteiger partial charge < -0.3 is 25.0 Å². The molecule has 0 aromatic carbocycles. The molecule has 0 saturated carbocycles. The van der Waals surface area contributed by atoms with Crippen LogP contribution in [0.3, 0.4) is 0 Å². The Kier molecular flexibility index (Phi) is 7.27. The van der Waals surface area contributed by atoms with E-state index in [1.165, 1.54) is 0 Å². The lowest BCUT2D eigenvalue weighted by atomic mass is 10.0. The summed E-state index contributed by atoms with van der Waals surface area (Å²) in [5.41, 5.74) is -2.29. The first kappa shape index (κ1) is 22.7. The maximum Gasteiger partial charge on any atom is 0.330 e. The standard InChI is InChI=1S/C17H24FN3O8/c1-4-10(22)19-11(7(2)3)16(26)28-6-9-12(23)13(24)15(29-9)21-5-8(18)14(25)20-17(21)27/h5,7,9,11-13,15,23-24H,4,6H2,1-3H3,(H,19,22)(H,20,25,27)/t9-,11-,12?,13?,15-/m0/s1. The van der Waals surface area contributed by atoms with Gasteiger partial charge in [-0.25, -0.2) is 9.59 Å². The number of aromatic nitrogens is 2. The van der Waals surface area contributed by atoms with E-state index < -0.39 is 60.2 Å². The quantitative estimate of drug-likeness (QED) is 0.386. The van der Waals surface area contributed by atoms with Gasteiger partial charge in [0.2, 0.25) is 11.7 Å². The lowest BCUT2D eigenvalue weighted by Crippen LogP contribution is -2.46. The van der Waals surface area contributed by atoms with Crippen molar-refractivity contribution in [3.8, 4) is 0 Å². The van der Waals surface area contributed by atoms with Gasteiger partial charge >= 0.3 is 11.7 Å². The molecule has 1 saturated heterocycles. The number of hydrogen-bond acceptors (Lipinski definition) is 8. The molecular weight excluding hydrogens is 393 g/mol. The second-order valence-corrected chi connectivity index (χ2v) is 6.96. The van der Waals surface area contributed by atoms with E-state index in [4.69, 9.17) is 9.47 Å². The van der Waals surface area contributed by atoms with Crippen LogP contribution in [0.15, 0.2) is 15.8 Å². The summed E-state index contributed by atoms with van der Waals surface area (Å²) in [4.78, 5) is 48.5. The summed E-state index contributed by atoms with van der Waals surface area (Å²) in [6.07, 6.45) is -5.21. The Labute approximate surface area is 164 Å². The van der Waals surface area contributed by atoms with E-state index in [-0.39, 0.29) is 18.2 Å². The number of esters is 1. The van der Waals surface area contributed by atoms with Crippen LogP contribution in [0.1, 0.15) is 33.4 Å². The number of hydrogen-bond donors (Lipinski definition) is 4. The number of ether oxygens (including phenoxy) is 2. The smallest absolute Gasteiger partial charge is 0.330 e. The van der Waals surface area contributed by atoms with Crippen LogP contribution < -0.4 is 16.6 Å². The Balaban J connectivity index is 2.08. The summed E-state index contributed by atoms with van der Waals surface area (Å²) >= 11 is 0. The van der Waals surface area contributed by atoms with Crippen LogP contribution in [-0.4, -0.2) is 62.6 Å². The highest BCUT2D eigenvalue weighted by molar-refractivity contribution is 5.84. The van der Waals surface area contributed by atoms with Gasteiger partial charge in [-0.1, -0.05) is 20.8 Å². The van der Waals surface area contributed by atoms with Gasteiger partial charge in [-0.2, -0.15) is 4.39 Å². The lowest BCUT2D eigenvalue weighted by Gasteiger charge is -2.22. The Hall–Kier alpha value is -2.57. The molecule has 1 aliphatic heterocycles. The first-order valence-electron chi connectivity index (χ1n) is 9.05. The van der Waals surface area contributed by atoms with Gasteiger partial charge in [-0.05, 0) is 5.92 Å². The molecule has 2 unspecified atom stereocenters. The number of amides is 1. The zero-order valence-electron chi connectivity index (χ0n) is 16.1. The molecule has 1 amide bonds. The fourth-order valence-electron chi connectivity index (χ4n) is 2.77. The maximum absolute atomic E-state index is 13.5. The number of nitrogens with zero attached hydrogens (tertiary/aromatic N) is 1. The van der Waals surface area contributed by atoms with E-state index in [1.54, 1.807) is 25.8 Å². The van der Waals surface area contributed by atoms with Gasteiger partial charge in [0.05, 0.1) is 6.20 Å². The van der Waals surface area contributed by atoms with Crippen molar-refractivity contribution in [1.82, 2.24) is 14.9 Å². The van der Waals surface area contributed by atoms with Crippen LogP contribution >= 0.6 is 0 Å². The third kappa shape index (κ3) is 5.08. The first-order valence-corrected chi connectivity index (χ1v) is 9.05. The average Bonchev–Trinajstić information content (AvgIpc) is 2.94. The van der Waals surface area contributed by atoms with E-state index in [2.05, 4.69) is 5.32 Å². The number of H-pyrrole nitrogens is 1. The van der Waals surface area contributed by atoms with E-state index in [0.717, 1.165) is 0 Å². The van der Waals surface area contributed by atoms with Crippen molar-refractivity contribution in [3.05, 3.63) is 32.9 Å². The number of aliphatic hydroxyl groups is 2. The highest BCUT2D eigenvalue weighted by Gasteiger charge is 2.45. The number of carbonyl (C=O) groups excluding carboxylic acids is 2. The predicted octanol–water partition coefficient (Wildman–Crippen LogP) is -1.61. The molecule has 4 N–H and O–H groups in total. The summed E-state index contributed by atoms with van der Waals surface area (Å²) in [7, 11) is 0. The topological polar surface area (TPSA) is 160 Å². The number of aromatic amines is 1. The fourth-order valence-corrected chi connectivity index (χ4v) is 2.77. The van der Waals surface area contributed by atoms with Crippen LogP contribution in [0, 0.1) is 11.7 Å². The number of nitrogens with one attached hydrogen (secondary N) is 2. The average molecular weight is 417 g/mol. The Morgan fingerprint density at radius 3 is 2.59 bits per heavy atom. The first-order chi connectivity index (χ1) is 13.6. The minimum Gasteiger partial charge on any atom is -0.461 e. The highest BCUT2D eigenvalue weighted by atomic mass is 19.1. The minimum atomic E-state index is -1.65. The van der Waals surface area contributed by atoms with E-state index >= 15 is 0 Å². The monoisotopic (exact) mass is 417 g/mol. The van der Waals surface area contributed by atoms with Crippen LogP contribution in [-0.2, 0) is 19.1 Å². The van der Waals surface area contributed by atoms with Crippen LogP contribution in [0.25, 0.3) is 0 Å². The Bertz CT molecular complexity index is 867. The van der Waals surface area contributed by atoms with E-state index in [9.17, 15) is 33.8 Å². The summed E-state index contributed by atoms with van der Waals surface area (Å²) < 4.78 is 24.5. The molecule has 1 aromatic heterocycles. The molecule has 0 bridgehead atoms. The number of rotatable bonds is 7. The largest absolute Gasteiger partial charge is 0.461 e. The third-order valence-corrected chi connectivity index (χ3v) is 4.48. The molecule has 29 heavy (non-hydrogen) atoms. The summed E-state index contributed by atoms with van der Waals surface area (Å²) in [6.45, 7) is 4.56. The Morgan fingerprint density at radius 1 is 1.34 bits per heavy atom. The van der Waals surface area contributed by atoms with Gasteiger partial charge in [0.25, 0.3) is 5.56 Å². The van der Waals surface area contributed by atoms with Crippen LogP contribution in [0.2, 0.25) is 0 Å². The number of carbonyl (C=O) groups is 2. The van der Waals surface area contributed by atoms with Crippen molar-refractivity contribution in [2.75, 3.05) is 6.61 Å². The molecule has 162 valence electrons. The van der Waals surface area contributed by atoms with Crippen molar-refractivity contribution in [3.63, 3.8) is 0 Å². The molecule has 0 spiro atoms. The van der Waals surface area contributed by atoms with Crippen LogP contribution in [0.5, 0.6) is 0 Å². The Morgan fingerprint density at radius 2 is 2.00 bits per heavy atom. The molecule has 2 rings (SSSR count). The van der Waals surface area contributed by atoms with Crippen molar-refractivity contribution in [1.29, 1.82) is 0 Å². The molecule has 2 heterocycles. The van der Waals surface area contributed by atoms with Gasteiger partial charge in [0.1, 0.15) is 31.0 Å². The molecule has 1 aromatic rings. The van der Waals surface area contributed by atoms with Crippen molar-refractivity contribution < 1.29 is 33.7 Å². The molecule has 1 fully saturated rings. The highest BCUT2D eigenvalue weighted by Crippen LogP contribution is 2.28. The van der Waals surface area contributed by atoms with Gasteiger partial charge in [-0.15, -0.1) is 0 Å². The van der Waals surface area contributed by atoms with Gasteiger partial charge in [0, 0.05) is 6.42 Å². The number of halogens is 1. The fraction of sp³-hybridized carbons (Fsp3) is 0.647. The maximum atomic E-state index is 13.5. The third-order valence-electron chi connectivity index (χ3n) is 4.48. The normalized spacial score (nSPS) is 25.1. The second-order valence-electron chi connectivity index (χ2n) is 6.96. The zero-order chi connectivity index (χ0) is 21.9. The summed E-state index contributed by atoms with van der Waals surface area (Å²) in [5.74, 6) is -2.65. The summed E-state index contributed by atoms with van der Waals surface area (Å²) in [5, 5.41) is 22.8. The lowest BCUT2D eigenvalue weighted by molar-refractivity contribution is -0.155. The van der Waals surface area contributed by atoms with Crippen molar-refractivity contribution in [2.45, 2.75) is 57.8 Å². The van der Waals surface area contributed by atoms with E-state index in [1.807, 2.05) is 0 Å². The number of aliphatic hydroxyl groups excluding tert-OH is 2. The van der Waals surface area contributed by atoms with Gasteiger partial charge in [0.15, 0.2) is 6.23 Å². The molecule has 0 radical (unpaired) electrons. The molecular formula is C17H24FN3O8.